The highest BCUT2D eigenvalue weighted by atomic mass is 14.1. The van der Waals surface area contributed by atoms with E-state index in [-0.39, 0.29) is 0 Å². The molecule has 0 saturated carbocycles. The Morgan fingerprint density at radius 2 is 0.439 bits per heavy atom. The van der Waals surface area contributed by atoms with Crippen LogP contribution in [-0.2, 0) is 19.3 Å². The summed E-state index contributed by atoms with van der Waals surface area (Å²) in [6.45, 7) is 63.7. The van der Waals surface area contributed by atoms with Crippen LogP contribution in [0.5, 0.6) is 0 Å². The maximum atomic E-state index is 2.20. The molecule has 0 saturated heterocycles. The topological polar surface area (TPSA) is 0 Å². The first-order valence-electron chi connectivity index (χ1n) is 39.3. The fraction of sp³-hybridized carbons (Fsp3) is 0.429. The minimum absolute atomic E-state index is 1.03. The van der Waals surface area contributed by atoms with Gasteiger partial charge in [-0.3, -0.25) is 0 Å². The Bertz CT molecular complexity index is 2420. The van der Waals surface area contributed by atoms with Crippen LogP contribution in [0.3, 0.4) is 0 Å². The summed E-state index contributed by atoms with van der Waals surface area (Å²) in [6.07, 6.45) is 34.2. The van der Waals surface area contributed by atoms with Crippen molar-refractivity contribution in [3.05, 3.63) is 307 Å². The Morgan fingerprint density at radius 3 is 0.653 bits per heavy atom. The Balaban J connectivity index is -0.0000000937. The van der Waals surface area contributed by atoms with Crippen LogP contribution in [-0.4, -0.2) is 0 Å². The highest BCUT2D eigenvalue weighted by molar-refractivity contribution is 5.82. The number of allylic oxidation sites excluding steroid dienone is 9. The van der Waals surface area contributed by atoms with E-state index in [0.717, 1.165) is 32.1 Å². The molecule has 8 aromatic carbocycles. The molecule has 0 amide bonds. The lowest BCUT2D eigenvalue weighted by Crippen LogP contribution is -1.85. The van der Waals surface area contributed by atoms with Crippen molar-refractivity contribution in [2.75, 3.05) is 0 Å². The molecular formula is C98H162. The molecule has 554 valence electrons. The molecule has 3 aliphatic rings. The van der Waals surface area contributed by atoms with E-state index >= 15 is 0 Å². The summed E-state index contributed by atoms with van der Waals surface area (Å²) in [6, 6.07) is 77.5. The van der Waals surface area contributed by atoms with Gasteiger partial charge in [0.1, 0.15) is 0 Å². The Hall–Kier alpha value is -7.28. The SMILES string of the molecule is C1=CCC=C1.C1=CCC=C1.C1=Cc2ccccc2C1.CC.CC.CC.CC.CC.CC.CC.CC.CC.CCC.CCC.CCC.CCC.CCC.CCC.CCc1ccccc1.c1ccc(-c2ccccc2)cc1.c1ccc(Cc2ccccc2)cc1.c1ccc2ccccc2c1. The molecule has 0 aliphatic heterocycles. The zero-order chi connectivity index (χ0) is 77.2. The third kappa shape index (κ3) is 88.7. The van der Waals surface area contributed by atoms with Crippen molar-refractivity contribution in [2.45, 2.75) is 285 Å². The number of aryl methyl sites for hydroxylation is 1. The predicted molar refractivity (Wildman–Crippen MR) is 470 cm³/mol. The summed E-state index contributed by atoms with van der Waals surface area (Å²) < 4.78 is 0. The van der Waals surface area contributed by atoms with E-state index in [4.69, 9.17) is 0 Å². The highest BCUT2D eigenvalue weighted by Crippen LogP contribution is 2.18. The van der Waals surface area contributed by atoms with E-state index in [1.807, 2.05) is 143 Å². The molecule has 0 bridgehead atoms. The first-order chi connectivity index (χ1) is 48.3. The van der Waals surface area contributed by atoms with Gasteiger partial charge in [0.15, 0.2) is 0 Å². The minimum Gasteiger partial charge on any atom is -0.0808 e. The molecule has 3 aliphatic carbocycles. The number of hydrogen-bond acceptors (Lipinski definition) is 0. The first kappa shape index (κ1) is 115. The Labute approximate surface area is 616 Å². The maximum Gasteiger partial charge on any atom is -0.00258 e. The maximum absolute atomic E-state index is 2.20. The average Bonchev–Trinajstić information content (AvgIpc) is 2.82. The summed E-state index contributed by atoms with van der Waals surface area (Å²) in [4.78, 5) is 0. The van der Waals surface area contributed by atoms with E-state index in [9.17, 15) is 0 Å². The zero-order valence-corrected chi connectivity index (χ0v) is 70.4. The second kappa shape index (κ2) is 117. The number of benzene rings is 8. The number of hydrogen-bond donors (Lipinski definition) is 0. The van der Waals surface area contributed by atoms with Crippen LogP contribution in [0.4, 0.5) is 0 Å². The van der Waals surface area contributed by atoms with Gasteiger partial charge in [0, 0.05) is 0 Å². The second-order valence-electron chi connectivity index (χ2n) is 18.8. The predicted octanol–water partition coefficient (Wildman–Crippen LogP) is 34.7. The first-order valence-corrected chi connectivity index (χ1v) is 39.3. The standard InChI is InChI=1S/C13H12.C12H10.C10H8.C9H8.C8H10.2C5H6.6C3H8.9C2H6/c1-3-7-12(8-4-1)11-13-9-5-2-6-10-13;1-3-7-11(8-4-1)12-9-5-2-6-10-12;1-2-6-10-8-4-3-7-9(10)5-1;1-2-5-9-7-3-6-8(9)4-1;1-2-8-6-4-3-5-7-8;2*1-2-4-5-3-1;6*1-3-2;9*1-2/h1-10H,11H2;1-10H;1-8H;1-6H,7H2;3-7H,2H2,1H3;2*1-4H,5H2;6*3H2,1-2H3;9*1-2H3. The third-order valence-corrected chi connectivity index (χ3v) is 9.89. The Morgan fingerprint density at radius 1 is 0.224 bits per heavy atom. The van der Waals surface area contributed by atoms with Crippen LogP contribution in [0.2, 0.25) is 0 Å². The fourth-order valence-corrected chi connectivity index (χ4v) is 6.52. The van der Waals surface area contributed by atoms with Crippen molar-refractivity contribution in [1.82, 2.24) is 0 Å². The molecule has 98 heavy (non-hydrogen) atoms. The van der Waals surface area contributed by atoms with Crippen molar-refractivity contribution in [3.8, 4) is 11.1 Å². The van der Waals surface area contributed by atoms with E-state index in [0.29, 0.717) is 0 Å². The normalized spacial score (nSPS) is 8.97. The van der Waals surface area contributed by atoms with Crippen LogP contribution >= 0.6 is 0 Å². The lowest BCUT2D eigenvalue weighted by atomic mass is 10.1. The molecule has 0 unspecified atom stereocenters. The van der Waals surface area contributed by atoms with Crippen LogP contribution in [0, 0.1) is 0 Å². The average molecular weight is 1340 g/mol. The Kier molecular flexibility index (Phi) is 137. The molecule has 0 spiro atoms. The van der Waals surface area contributed by atoms with Gasteiger partial charge in [-0.15, -0.1) is 0 Å². The van der Waals surface area contributed by atoms with Crippen LogP contribution in [0.15, 0.2) is 279 Å². The van der Waals surface area contributed by atoms with Gasteiger partial charge in [-0.1, -0.05) is 538 Å². The summed E-state index contributed by atoms with van der Waals surface area (Å²) >= 11 is 0. The smallest absolute Gasteiger partial charge is 0.00258 e. The molecule has 0 nitrogen and oxygen atoms in total. The summed E-state index contributed by atoms with van der Waals surface area (Å²) in [5.74, 6) is 0. The van der Waals surface area contributed by atoms with Gasteiger partial charge >= 0.3 is 0 Å². The van der Waals surface area contributed by atoms with Crippen molar-refractivity contribution >= 4 is 16.8 Å². The van der Waals surface area contributed by atoms with E-state index < -0.39 is 0 Å². The molecule has 0 atom stereocenters. The molecule has 11 rings (SSSR count). The largest absolute Gasteiger partial charge is 0.0808 e. The molecular weight excluding hydrogens is 1180 g/mol. The van der Waals surface area contributed by atoms with E-state index in [1.165, 1.54) is 88.2 Å². The molecule has 0 fully saturated rings. The quantitative estimate of drug-likeness (QED) is 0.165. The van der Waals surface area contributed by atoms with Crippen LogP contribution in [0.25, 0.3) is 28.0 Å². The van der Waals surface area contributed by atoms with Gasteiger partial charge in [0.05, 0.1) is 0 Å². The second-order valence-corrected chi connectivity index (χ2v) is 18.8. The number of fused-ring (bicyclic) bond motifs is 2. The molecule has 0 aromatic heterocycles. The van der Waals surface area contributed by atoms with Crippen molar-refractivity contribution in [2.24, 2.45) is 0 Å². The number of rotatable bonds is 4. The van der Waals surface area contributed by atoms with Gasteiger partial charge in [-0.25, -0.2) is 0 Å². The van der Waals surface area contributed by atoms with Gasteiger partial charge < -0.3 is 0 Å². The van der Waals surface area contributed by atoms with Gasteiger partial charge in [-0.05, 0) is 81.8 Å². The van der Waals surface area contributed by atoms with Gasteiger partial charge in [0.25, 0.3) is 0 Å². The van der Waals surface area contributed by atoms with E-state index in [1.54, 1.807) is 0 Å². The van der Waals surface area contributed by atoms with Crippen LogP contribution in [0.1, 0.15) is 294 Å². The van der Waals surface area contributed by atoms with Crippen LogP contribution < -0.4 is 0 Å². The fourth-order valence-electron chi connectivity index (χ4n) is 6.52. The molecule has 0 heterocycles. The lowest BCUT2D eigenvalue weighted by molar-refractivity contribution is 1.09. The van der Waals surface area contributed by atoms with Crippen molar-refractivity contribution < 1.29 is 0 Å². The molecule has 0 N–H and O–H groups in total. The van der Waals surface area contributed by atoms with Crippen molar-refractivity contribution in [3.63, 3.8) is 0 Å². The minimum atomic E-state index is 1.03. The van der Waals surface area contributed by atoms with Gasteiger partial charge in [0.2, 0.25) is 0 Å². The molecule has 0 radical (unpaired) electrons. The van der Waals surface area contributed by atoms with E-state index in [2.05, 4.69) is 357 Å². The monoisotopic (exact) mass is 1340 g/mol. The summed E-state index contributed by atoms with van der Waals surface area (Å²) in [5.41, 5.74) is 9.54. The summed E-state index contributed by atoms with van der Waals surface area (Å²) in [5, 5.41) is 2.62. The molecule has 8 aromatic rings. The third-order valence-electron chi connectivity index (χ3n) is 9.89. The zero-order valence-electron chi connectivity index (χ0n) is 70.4. The highest BCUT2D eigenvalue weighted by Gasteiger charge is 2.00. The summed E-state index contributed by atoms with van der Waals surface area (Å²) in [7, 11) is 0. The van der Waals surface area contributed by atoms with Gasteiger partial charge in [-0.2, -0.15) is 0 Å². The van der Waals surface area contributed by atoms with Crippen molar-refractivity contribution in [1.29, 1.82) is 0 Å². The molecule has 0 heteroatoms. The lowest BCUT2D eigenvalue weighted by Gasteiger charge is -2.00.